The van der Waals surface area contributed by atoms with Gasteiger partial charge in [-0.3, -0.25) is 0 Å². The average molecular weight is 248 g/mol. The minimum absolute atomic E-state index is 0.922. The number of allylic oxidation sites excluding steroid dienone is 1. The SMILES string of the molecule is C=C(CCn1ccnc1)c1ccc2ccccc2c1. The van der Waals surface area contributed by atoms with Crippen LogP contribution in [0.5, 0.6) is 0 Å². The van der Waals surface area contributed by atoms with Crippen molar-refractivity contribution in [2.45, 2.75) is 13.0 Å². The van der Waals surface area contributed by atoms with Crippen molar-refractivity contribution in [2.24, 2.45) is 0 Å². The molecule has 1 aromatic heterocycles. The van der Waals surface area contributed by atoms with Gasteiger partial charge in [-0.15, -0.1) is 0 Å². The third-order valence-corrected chi connectivity index (χ3v) is 3.39. The van der Waals surface area contributed by atoms with Crippen molar-refractivity contribution in [2.75, 3.05) is 0 Å². The molecule has 2 heteroatoms. The molecule has 0 saturated heterocycles. The molecule has 2 nitrogen and oxygen atoms in total. The van der Waals surface area contributed by atoms with E-state index in [1.165, 1.54) is 21.9 Å². The van der Waals surface area contributed by atoms with Crippen LogP contribution in [0.25, 0.3) is 16.3 Å². The number of hydrogen-bond acceptors (Lipinski definition) is 1. The lowest BCUT2D eigenvalue weighted by atomic mass is 10.0. The molecule has 0 fully saturated rings. The molecule has 2 aromatic carbocycles. The third-order valence-electron chi connectivity index (χ3n) is 3.39. The first kappa shape index (κ1) is 11.7. The van der Waals surface area contributed by atoms with E-state index in [2.05, 4.69) is 58.6 Å². The van der Waals surface area contributed by atoms with Crippen molar-refractivity contribution in [3.63, 3.8) is 0 Å². The Bertz CT molecular complexity index is 696. The molecule has 0 atom stereocenters. The molecule has 0 amide bonds. The van der Waals surface area contributed by atoms with Crippen LogP contribution in [0.1, 0.15) is 12.0 Å². The van der Waals surface area contributed by atoms with Crippen molar-refractivity contribution >= 4 is 16.3 Å². The average Bonchev–Trinajstić information content (AvgIpc) is 2.97. The van der Waals surface area contributed by atoms with Gasteiger partial charge in [0.15, 0.2) is 0 Å². The molecule has 3 aromatic rings. The molecule has 0 aliphatic carbocycles. The second kappa shape index (κ2) is 5.11. The molecule has 0 radical (unpaired) electrons. The van der Waals surface area contributed by atoms with Gasteiger partial charge in [0.25, 0.3) is 0 Å². The smallest absolute Gasteiger partial charge is 0.0946 e. The normalized spacial score (nSPS) is 10.7. The number of benzene rings is 2. The second-order valence-corrected chi connectivity index (χ2v) is 4.72. The van der Waals surface area contributed by atoms with Crippen molar-refractivity contribution in [1.82, 2.24) is 9.55 Å². The van der Waals surface area contributed by atoms with Crippen molar-refractivity contribution in [3.8, 4) is 0 Å². The van der Waals surface area contributed by atoms with Crippen LogP contribution < -0.4 is 0 Å². The van der Waals surface area contributed by atoms with Crippen LogP contribution in [-0.2, 0) is 6.54 Å². The number of fused-ring (bicyclic) bond motifs is 1. The number of hydrogen-bond donors (Lipinski definition) is 0. The van der Waals surface area contributed by atoms with E-state index < -0.39 is 0 Å². The van der Waals surface area contributed by atoms with Gasteiger partial charge in [0.1, 0.15) is 0 Å². The monoisotopic (exact) mass is 248 g/mol. The highest BCUT2D eigenvalue weighted by molar-refractivity contribution is 5.86. The zero-order valence-electron chi connectivity index (χ0n) is 10.8. The molecule has 0 spiro atoms. The standard InChI is InChI=1S/C17H16N2/c1-14(8-10-19-11-9-18-13-19)16-7-6-15-4-2-3-5-17(15)12-16/h2-7,9,11-13H,1,8,10H2. The highest BCUT2D eigenvalue weighted by atomic mass is 15.0. The van der Waals surface area contributed by atoms with Gasteiger partial charge in [-0.25, -0.2) is 4.98 Å². The number of nitrogens with zero attached hydrogens (tertiary/aromatic N) is 2. The Morgan fingerprint density at radius 1 is 1.11 bits per heavy atom. The fourth-order valence-corrected chi connectivity index (χ4v) is 2.24. The van der Waals surface area contributed by atoms with E-state index in [1.54, 1.807) is 6.20 Å². The molecule has 3 rings (SSSR count). The van der Waals surface area contributed by atoms with Crippen LogP contribution in [-0.4, -0.2) is 9.55 Å². The topological polar surface area (TPSA) is 17.8 Å². The van der Waals surface area contributed by atoms with Gasteiger partial charge < -0.3 is 4.57 Å². The summed E-state index contributed by atoms with van der Waals surface area (Å²) in [5, 5.41) is 2.54. The molecule has 0 saturated carbocycles. The molecule has 0 aliphatic rings. The van der Waals surface area contributed by atoms with Crippen LogP contribution in [0.3, 0.4) is 0 Å². The Labute approximate surface area is 113 Å². The molecule has 0 bridgehead atoms. The summed E-state index contributed by atoms with van der Waals surface area (Å²) in [5.41, 5.74) is 2.39. The zero-order chi connectivity index (χ0) is 13.1. The fraction of sp³-hybridized carbons (Fsp3) is 0.118. The Hall–Kier alpha value is -2.35. The second-order valence-electron chi connectivity index (χ2n) is 4.72. The molecule has 0 N–H and O–H groups in total. The molecular weight excluding hydrogens is 232 g/mol. The molecule has 1 heterocycles. The van der Waals surface area contributed by atoms with E-state index in [0.29, 0.717) is 0 Å². The van der Waals surface area contributed by atoms with Gasteiger partial charge >= 0.3 is 0 Å². The van der Waals surface area contributed by atoms with Crippen LogP contribution in [0, 0.1) is 0 Å². The van der Waals surface area contributed by atoms with Gasteiger partial charge in [-0.1, -0.05) is 43.0 Å². The molecule has 0 aliphatic heterocycles. The summed E-state index contributed by atoms with van der Waals surface area (Å²) in [5.74, 6) is 0. The van der Waals surface area contributed by atoms with Crippen molar-refractivity contribution < 1.29 is 0 Å². The van der Waals surface area contributed by atoms with E-state index in [-0.39, 0.29) is 0 Å². The van der Waals surface area contributed by atoms with Crippen LogP contribution in [0.15, 0.2) is 67.8 Å². The maximum absolute atomic E-state index is 4.20. The first-order valence-corrected chi connectivity index (χ1v) is 6.45. The molecular formula is C17H16N2. The summed E-state index contributed by atoms with van der Waals surface area (Å²) in [7, 11) is 0. The Morgan fingerprint density at radius 3 is 2.74 bits per heavy atom. The first-order valence-electron chi connectivity index (χ1n) is 6.45. The number of aryl methyl sites for hydroxylation is 1. The summed E-state index contributed by atoms with van der Waals surface area (Å²) < 4.78 is 2.08. The number of rotatable bonds is 4. The molecule has 19 heavy (non-hydrogen) atoms. The lowest BCUT2D eigenvalue weighted by molar-refractivity contribution is 0.717. The predicted molar refractivity (Wildman–Crippen MR) is 79.8 cm³/mol. The van der Waals surface area contributed by atoms with E-state index in [9.17, 15) is 0 Å². The third kappa shape index (κ3) is 2.58. The van der Waals surface area contributed by atoms with Gasteiger partial charge in [0, 0.05) is 18.9 Å². The predicted octanol–water partition coefficient (Wildman–Crippen LogP) is 4.14. The zero-order valence-corrected chi connectivity index (χ0v) is 10.8. The first-order chi connectivity index (χ1) is 9.33. The van der Waals surface area contributed by atoms with Crippen molar-refractivity contribution in [1.29, 1.82) is 0 Å². The summed E-state index contributed by atoms with van der Waals surface area (Å²) in [6, 6.07) is 14.9. The van der Waals surface area contributed by atoms with Crippen LogP contribution in [0.2, 0.25) is 0 Å². The van der Waals surface area contributed by atoms with Gasteiger partial charge in [0.2, 0.25) is 0 Å². The molecule has 0 unspecified atom stereocenters. The lowest BCUT2D eigenvalue weighted by Crippen LogP contribution is -1.95. The summed E-state index contributed by atoms with van der Waals surface area (Å²) in [4.78, 5) is 4.05. The summed E-state index contributed by atoms with van der Waals surface area (Å²) >= 11 is 0. The fourth-order valence-electron chi connectivity index (χ4n) is 2.24. The van der Waals surface area contributed by atoms with Crippen LogP contribution >= 0.6 is 0 Å². The number of imidazole rings is 1. The van der Waals surface area contributed by atoms with Gasteiger partial charge in [0.05, 0.1) is 6.33 Å². The quantitative estimate of drug-likeness (QED) is 0.678. The Balaban J connectivity index is 1.77. The largest absolute Gasteiger partial charge is 0.337 e. The Kier molecular flexibility index (Phi) is 3.15. The maximum atomic E-state index is 4.20. The highest BCUT2D eigenvalue weighted by Gasteiger charge is 2.01. The summed E-state index contributed by atoms with van der Waals surface area (Å²) in [6.45, 7) is 5.12. The van der Waals surface area contributed by atoms with Crippen molar-refractivity contribution in [3.05, 3.63) is 73.3 Å². The van der Waals surface area contributed by atoms with E-state index in [4.69, 9.17) is 0 Å². The molecule has 94 valence electrons. The van der Waals surface area contributed by atoms with E-state index >= 15 is 0 Å². The van der Waals surface area contributed by atoms with Crippen LogP contribution in [0.4, 0.5) is 0 Å². The number of aromatic nitrogens is 2. The lowest BCUT2D eigenvalue weighted by Gasteiger charge is -2.08. The summed E-state index contributed by atoms with van der Waals surface area (Å²) in [6.07, 6.45) is 6.56. The highest BCUT2D eigenvalue weighted by Crippen LogP contribution is 2.22. The Morgan fingerprint density at radius 2 is 1.95 bits per heavy atom. The maximum Gasteiger partial charge on any atom is 0.0946 e. The minimum atomic E-state index is 0.922. The van der Waals surface area contributed by atoms with Gasteiger partial charge in [-0.2, -0.15) is 0 Å². The van der Waals surface area contributed by atoms with Gasteiger partial charge in [-0.05, 0) is 34.4 Å². The van der Waals surface area contributed by atoms with E-state index in [0.717, 1.165) is 13.0 Å². The minimum Gasteiger partial charge on any atom is -0.337 e. The van der Waals surface area contributed by atoms with E-state index in [1.807, 2.05) is 12.5 Å².